The van der Waals surface area contributed by atoms with Crippen molar-refractivity contribution >= 4 is 12.1 Å². The van der Waals surface area contributed by atoms with E-state index >= 15 is 0 Å². The molecular weight excluding hydrogens is 270 g/mol. The van der Waals surface area contributed by atoms with Crippen molar-refractivity contribution in [1.29, 1.82) is 0 Å². The molecule has 2 N–H and O–H groups in total. The molecule has 0 aromatic heterocycles. The largest absolute Gasteiger partial charge is 0.481 e. The molecule has 1 aromatic rings. The van der Waals surface area contributed by atoms with Crippen LogP contribution in [0.5, 0.6) is 0 Å². The fraction of sp³-hybridized carbons (Fsp3) is 0.500. The molecular formula is C16H19NO4. The van der Waals surface area contributed by atoms with Crippen LogP contribution in [-0.2, 0) is 16.1 Å². The second-order valence-electron chi connectivity index (χ2n) is 6.05. The number of hydrogen-bond donors (Lipinski definition) is 2. The maximum absolute atomic E-state index is 12.0. The topological polar surface area (TPSA) is 75.6 Å². The number of rotatable bonds is 5. The third-order valence-electron chi connectivity index (χ3n) is 4.62. The number of carbonyl (C=O) groups is 2. The molecule has 0 heterocycles. The average molecular weight is 289 g/mol. The van der Waals surface area contributed by atoms with Crippen molar-refractivity contribution < 1.29 is 19.4 Å². The van der Waals surface area contributed by atoms with Crippen LogP contribution in [0.2, 0.25) is 0 Å². The number of benzene rings is 1. The summed E-state index contributed by atoms with van der Waals surface area (Å²) >= 11 is 0. The lowest BCUT2D eigenvalue weighted by atomic mass is 9.89. The number of nitrogens with one attached hydrogen (secondary N) is 1. The molecule has 1 amide bonds. The van der Waals surface area contributed by atoms with E-state index in [-0.39, 0.29) is 13.0 Å². The number of carboxylic acid groups (broad SMARTS) is 1. The number of hydrogen-bond acceptors (Lipinski definition) is 3. The Kier molecular flexibility index (Phi) is 3.57. The first-order valence-corrected chi connectivity index (χ1v) is 7.30. The second-order valence-corrected chi connectivity index (χ2v) is 6.05. The monoisotopic (exact) mass is 289 g/mol. The molecule has 2 aliphatic carbocycles. The van der Waals surface area contributed by atoms with Gasteiger partial charge in [-0.15, -0.1) is 0 Å². The van der Waals surface area contributed by atoms with Crippen LogP contribution >= 0.6 is 0 Å². The first-order chi connectivity index (χ1) is 10.1. The molecule has 0 radical (unpaired) electrons. The van der Waals surface area contributed by atoms with Crippen molar-refractivity contribution in [3.63, 3.8) is 0 Å². The van der Waals surface area contributed by atoms with Crippen LogP contribution in [0.1, 0.15) is 31.2 Å². The van der Waals surface area contributed by atoms with Gasteiger partial charge in [-0.1, -0.05) is 30.3 Å². The fourth-order valence-electron chi connectivity index (χ4n) is 3.52. The number of carbonyl (C=O) groups excluding carboxylic acids is 1. The van der Waals surface area contributed by atoms with Crippen LogP contribution in [0.15, 0.2) is 30.3 Å². The normalized spacial score (nSPS) is 29.5. The summed E-state index contributed by atoms with van der Waals surface area (Å²) in [5.41, 5.74) is 0.306. The van der Waals surface area contributed by atoms with Gasteiger partial charge in [0.05, 0.1) is 12.0 Å². The Morgan fingerprint density at radius 3 is 2.67 bits per heavy atom. The molecule has 3 rings (SSSR count). The summed E-state index contributed by atoms with van der Waals surface area (Å²) in [6, 6.07) is 9.43. The Bertz CT molecular complexity index is 544. The highest BCUT2D eigenvalue weighted by Gasteiger charge is 2.59. The Labute approximate surface area is 123 Å². The zero-order valence-electron chi connectivity index (χ0n) is 11.7. The van der Waals surface area contributed by atoms with Gasteiger partial charge in [0.2, 0.25) is 0 Å². The van der Waals surface area contributed by atoms with Crippen LogP contribution in [0.3, 0.4) is 0 Å². The predicted molar refractivity (Wildman–Crippen MR) is 75.6 cm³/mol. The van der Waals surface area contributed by atoms with Gasteiger partial charge in [0.15, 0.2) is 0 Å². The molecule has 0 saturated heterocycles. The second kappa shape index (κ2) is 5.39. The highest BCUT2D eigenvalue weighted by molar-refractivity contribution is 5.73. The van der Waals surface area contributed by atoms with Gasteiger partial charge in [-0.25, -0.2) is 4.79 Å². The molecule has 21 heavy (non-hydrogen) atoms. The van der Waals surface area contributed by atoms with E-state index in [1.54, 1.807) is 0 Å². The van der Waals surface area contributed by atoms with Gasteiger partial charge in [-0.05, 0) is 36.7 Å². The van der Waals surface area contributed by atoms with Gasteiger partial charge in [-0.3, -0.25) is 4.79 Å². The van der Waals surface area contributed by atoms with Gasteiger partial charge >= 0.3 is 12.1 Å². The molecule has 2 aliphatic rings. The summed E-state index contributed by atoms with van der Waals surface area (Å²) in [6.07, 6.45) is 2.21. The van der Waals surface area contributed by atoms with Crippen molar-refractivity contribution in [3.8, 4) is 0 Å². The lowest BCUT2D eigenvalue weighted by molar-refractivity contribution is -0.138. The summed E-state index contributed by atoms with van der Waals surface area (Å²) in [7, 11) is 0. The molecule has 2 fully saturated rings. The van der Waals surface area contributed by atoms with Crippen LogP contribution in [0.4, 0.5) is 4.79 Å². The van der Waals surface area contributed by atoms with E-state index < -0.39 is 17.6 Å². The first kappa shape index (κ1) is 13.9. The predicted octanol–water partition coefficient (Wildman–Crippen LogP) is 2.56. The zero-order chi connectivity index (χ0) is 14.9. The maximum Gasteiger partial charge on any atom is 0.407 e. The number of fused-ring (bicyclic) bond motifs is 1. The van der Waals surface area contributed by atoms with E-state index in [2.05, 4.69) is 5.32 Å². The lowest BCUT2D eigenvalue weighted by Gasteiger charge is -2.30. The zero-order valence-corrected chi connectivity index (χ0v) is 11.7. The number of carboxylic acids is 1. The van der Waals surface area contributed by atoms with E-state index in [4.69, 9.17) is 9.84 Å². The van der Waals surface area contributed by atoms with E-state index in [0.29, 0.717) is 11.8 Å². The summed E-state index contributed by atoms with van der Waals surface area (Å²) in [4.78, 5) is 23.1. The van der Waals surface area contributed by atoms with Crippen LogP contribution in [0, 0.1) is 11.8 Å². The Hall–Kier alpha value is -2.04. The van der Waals surface area contributed by atoms with Crippen LogP contribution in [0.25, 0.3) is 0 Å². The molecule has 5 heteroatoms. The van der Waals surface area contributed by atoms with Gasteiger partial charge in [0.1, 0.15) is 6.61 Å². The molecule has 0 bridgehead atoms. The molecule has 2 saturated carbocycles. The van der Waals surface area contributed by atoms with Crippen molar-refractivity contribution in [2.45, 2.75) is 37.8 Å². The Morgan fingerprint density at radius 1 is 1.33 bits per heavy atom. The van der Waals surface area contributed by atoms with E-state index in [1.165, 1.54) is 0 Å². The Morgan fingerprint density at radius 2 is 2.10 bits per heavy atom. The van der Waals surface area contributed by atoms with E-state index in [9.17, 15) is 9.59 Å². The minimum Gasteiger partial charge on any atom is -0.481 e. The van der Waals surface area contributed by atoms with E-state index in [1.807, 2.05) is 30.3 Å². The fourth-order valence-corrected chi connectivity index (χ4v) is 3.52. The van der Waals surface area contributed by atoms with Crippen molar-refractivity contribution in [2.75, 3.05) is 0 Å². The first-order valence-electron chi connectivity index (χ1n) is 7.30. The molecule has 5 nitrogen and oxygen atoms in total. The molecule has 1 aromatic carbocycles. The minimum absolute atomic E-state index is 0.0192. The standard InChI is InChI=1S/C16H19NO4/c18-14(19)9-16(7-6-12-8-13(12)16)17-15(20)21-10-11-4-2-1-3-5-11/h1-5,12-13H,6-10H2,(H,17,20)(H,18,19). The quantitative estimate of drug-likeness (QED) is 0.873. The summed E-state index contributed by atoms with van der Waals surface area (Å²) in [5.74, 6) is 0.0163. The summed E-state index contributed by atoms with van der Waals surface area (Å²) in [6.45, 7) is 0.198. The van der Waals surface area contributed by atoms with Gasteiger partial charge in [0, 0.05) is 0 Å². The van der Waals surface area contributed by atoms with E-state index in [0.717, 1.165) is 24.8 Å². The average Bonchev–Trinajstić information content (AvgIpc) is 3.17. The minimum atomic E-state index is -0.870. The molecule has 3 atom stereocenters. The number of aliphatic carboxylic acids is 1. The highest BCUT2D eigenvalue weighted by atomic mass is 16.5. The molecule has 3 unspecified atom stereocenters. The number of ether oxygens (including phenoxy) is 1. The SMILES string of the molecule is O=C(O)CC1(NC(=O)OCc2ccccc2)CCC2CC21. The third-order valence-corrected chi connectivity index (χ3v) is 4.62. The van der Waals surface area contributed by atoms with Crippen molar-refractivity contribution in [2.24, 2.45) is 11.8 Å². The lowest BCUT2D eigenvalue weighted by Crippen LogP contribution is -2.50. The van der Waals surface area contributed by atoms with Gasteiger partial charge in [0.25, 0.3) is 0 Å². The Balaban J connectivity index is 1.58. The van der Waals surface area contributed by atoms with Gasteiger partial charge in [-0.2, -0.15) is 0 Å². The summed E-state index contributed by atoms with van der Waals surface area (Å²) in [5, 5.41) is 11.9. The smallest absolute Gasteiger partial charge is 0.407 e. The third kappa shape index (κ3) is 3.01. The number of amides is 1. The van der Waals surface area contributed by atoms with Crippen LogP contribution < -0.4 is 5.32 Å². The van der Waals surface area contributed by atoms with Gasteiger partial charge < -0.3 is 15.2 Å². The number of alkyl carbamates (subject to hydrolysis) is 1. The highest BCUT2D eigenvalue weighted by Crippen LogP contribution is 2.58. The molecule has 112 valence electrons. The molecule has 0 spiro atoms. The molecule has 0 aliphatic heterocycles. The van der Waals surface area contributed by atoms with Crippen LogP contribution in [-0.4, -0.2) is 22.7 Å². The maximum atomic E-state index is 12.0. The summed E-state index contributed by atoms with van der Waals surface area (Å²) < 4.78 is 5.22. The van der Waals surface area contributed by atoms with Crippen molar-refractivity contribution in [3.05, 3.63) is 35.9 Å². The van der Waals surface area contributed by atoms with Crippen molar-refractivity contribution in [1.82, 2.24) is 5.32 Å².